The molecule has 2 rings (SSSR count). The second kappa shape index (κ2) is 7.26. The number of carbonyl (C=O) groups excluding carboxylic acids is 2. The molecule has 24 heavy (non-hydrogen) atoms. The molecule has 1 aliphatic heterocycles. The minimum absolute atomic E-state index is 0.0609. The SMILES string of the molecule is C=C1CCCC(C)[C@H](C)OC(=O)Cc2c(Cl)c(O)cc(O)c2C1=O. The summed E-state index contributed by atoms with van der Waals surface area (Å²) in [6.07, 6.45) is 1.38. The molecule has 0 spiro atoms. The molecular weight excluding hydrogens is 332 g/mol. The molecule has 5 nitrogen and oxygen atoms in total. The second-order valence-electron chi connectivity index (χ2n) is 6.26. The lowest BCUT2D eigenvalue weighted by Gasteiger charge is -2.22. The van der Waals surface area contributed by atoms with Gasteiger partial charge in [-0.15, -0.1) is 0 Å². The van der Waals surface area contributed by atoms with Crippen molar-refractivity contribution in [3.8, 4) is 11.5 Å². The van der Waals surface area contributed by atoms with Gasteiger partial charge in [0.05, 0.1) is 17.0 Å². The van der Waals surface area contributed by atoms with Crippen molar-refractivity contribution in [2.75, 3.05) is 0 Å². The molecule has 1 heterocycles. The summed E-state index contributed by atoms with van der Waals surface area (Å²) < 4.78 is 5.39. The van der Waals surface area contributed by atoms with Gasteiger partial charge in [0.2, 0.25) is 0 Å². The Morgan fingerprint density at radius 2 is 1.92 bits per heavy atom. The van der Waals surface area contributed by atoms with E-state index in [1.54, 1.807) is 0 Å². The average Bonchev–Trinajstić information content (AvgIpc) is 2.50. The number of phenolic OH excluding ortho intramolecular Hbond substituents is 2. The Labute approximate surface area is 145 Å². The smallest absolute Gasteiger partial charge is 0.310 e. The van der Waals surface area contributed by atoms with Crippen molar-refractivity contribution in [3.05, 3.63) is 34.4 Å². The minimum Gasteiger partial charge on any atom is -0.507 e. The van der Waals surface area contributed by atoms with Crippen LogP contribution in [0.4, 0.5) is 0 Å². The van der Waals surface area contributed by atoms with E-state index in [9.17, 15) is 19.8 Å². The van der Waals surface area contributed by atoms with Crippen LogP contribution < -0.4 is 0 Å². The summed E-state index contributed by atoms with van der Waals surface area (Å²) in [7, 11) is 0. The first kappa shape index (κ1) is 18.3. The summed E-state index contributed by atoms with van der Waals surface area (Å²) in [6.45, 7) is 7.59. The topological polar surface area (TPSA) is 83.8 Å². The molecule has 0 fully saturated rings. The highest BCUT2D eigenvalue weighted by Crippen LogP contribution is 2.38. The normalized spacial score (nSPS) is 23.0. The molecule has 130 valence electrons. The van der Waals surface area contributed by atoms with E-state index in [4.69, 9.17) is 16.3 Å². The Bertz CT molecular complexity index is 695. The molecule has 1 aliphatic rings. The lowest BCUT2D eigenvalue weighted by molar-refractivity contribution is -0.149. The maximum Gasteiger partial charge on any atom is 0.310 e. The van der Waals surface area contributed by atoms with Crippen LogP contribution in [0.3, 0.4) is 0 Å². The number of Topliss-reactive ketones (excluding diaryl/α,β-unsaturated/α-hetero) is 1. The molecule has 0 aromatic heterocycles. The Hall–Kier alpha value is -2.01. The predicted molar refractivity (Wildman–Crippen MR) is 90.5 cm³/mol. The van der Waals surface area contributed by atoms with Crippen molar-refractivity contribution in [2.45, 2.75) is 45.6 Å². The van der Waals surface area contributed by atoms with Gasteiger partial charge in [-0.2, -0.15) is 0 Å². The van der Waals surface area contributed by atoms with Crippen molar-refractivity contribution in [1.82, 2.24) is 0 Å². The average molecular weight is 353 g/mol. The third kappa shape index (κ3) is 3.73. The van der Waals surface area contributed by atoms with Gasteiger partial charge in [0.25, 0.3) is 0 Å². The highest BCUT2D eigenvalue weighted by atomic mass is 35.5. The van der Waals surface area contributed by atoms with Crippen molar-refractivity contribution in [3.63, 3.8) is 0 Å². The van der Waals surface area contributed by atoms with E-state index in [2.05, 4.69) is 6.58 Å². The van der Waals surface area contributed by atoms with Crippen LogP contribution in [0.5, 0.6) is 11.5 Å². The van der Waals surface area contributed by atoms with Crippen LogP contribution in [0.25, 0.3) is 0 Å². The van der Waals surface area contributed by atoms with Crippen LogP contribution in [0.15, 0.2) is 18.2 Å². The fourth-order valence-electron chi connectivity index (χ4n) is 2.78. The van der Waals surface area contributed by atoms with Gasteiger partial charge in [-0.3, -0.25) is 9.59 Å². The van der Waals surface area contributed by atoms with Gasteiger partial charge in [0, 0.05) is 11.6 Å². The summed E-state index contributed by atoms with van der Waals surface area (Å²) in [5, 5.41) is 19.8. The molecule has 2 atom stereocenters. The lowest BCUT2D eigenvalue weighted by atomic mass is 9.91. The number of hydrogen-bond acceptors (Lipinski definition) is 5. The van der Waals surface area contributed by atoms with Gasteiger partial charge in [-0.05, 0) is 37.7 Å². The Balaban J connectivity index is 2.54. The number of allylic oxidation sites excluding steroid dienone is 1. The summed E-state index contributed by atoms with van der Waals surface area (Å²) in [5.74, 6) is -1.72. The highest BCUT2D eigenvalue weighted by Gasteiger charge is 2.27. The molecular formula is C18H21ClO5. The minimum atomic E-state index is -0.568. The summed E-state index contributed by atoms with van der Waals surface area (Å²) in [6, 6.07) is 0.994. The molecule has 1 unspecified atom stereocenters. The number of hydrogen-bond donors (Lipinski definition) is 2. The van der Waals surface area contributed by atoms with E-state index in [0.717, 1.165) is 18.9 Å². The van der Waals surface area contributed by atoms with Gasteiger partial charge in [-0.25, -0.2) is 0 Å². The fraction of sp³-hybridized carbons (Fsp3) is 0.444. The van der Waals surface area contributed by atoms with Gasteiger partial charge >= 0.3 is 5.97 Å². The molecule has 6 heteroatoms. The van der Waals surface area contributed by atoms with Crippen molar-refractivity contribution in [2.24, 2.45) is 5.92 Å². The molecule has 1 aromatic carbocycles. The van der Waals surface area contributed by atoms with Crippen LogP contribution in [0.2, 0.25) is 5.02 Å². The number of carbonyl (C=O) groups is 2. The molecule has 0 radical (unpaired) electrons. The Kier molecular flexibility index (Phi) is 5.54. The van der Waals surface area contributed by atoms with Gasteiger partial charge in [0.1, 0.15) is 17.6 Å². The monoisotopic (exact) mass is 352 g/mol. The van der Waals surface area contributed by atoms with E-state index in [1.165, 1.54) is 0 Å². The Morgan fingerprint density at radius 1 is 1.25 bits per heavy atom. The first-order chi connectivity index (χ1) is 11.2. The van der Waals surface area contributed by atoms with Gasteiger partial charge in [0.15, 0.2) is 5.78 Å². The zero-order valence-corrected chi connectivity index (χ0v) is 14.5. The fourth-order valence-corrected chi connectivity index (χ4v) is 2.99. The summed E-state index contributed by atoms with van der Waals surface area (Å²) in [4.78, 5) is 24.8. The molecule has 2 N–H and O–H groups in total. The number of aromatic hydroxyl groups is 2. The van der Waals surface area contributed by atoms with E-state index in [0.29, 0.717) is 12.0 Å². The predicted octanol–water partition coefficient (Wildman–Crippen LogP) is 3.78. The molecule has 0 bridgehead atoms. The first-order valence-electron chi connectivity index (χ1n) is 7.87. The van der Waals surface area contributed by atoms with Crippen LogP contribution in [0.1, 0.15) is 49.0 Å². The number of cyclic esters (lactones) is 1. The highest BCUT2D eigenvalue weighted by molar-refractivity contribution is 6.34. The molecule has 0 saturated heterocycles. The second-order valence-corrected chi connectivity index (χ2v) is 6.63. The van der Waals surface area contributed by atoms with Gasteiger partial charge in [-0.1, -0.05) is 25.1 Å². The summed E-state index contributed by atoms with van der Waals surface area (Å²) >= 11 is 6.07. The number of rotatable bonds is 0. The molecule has 1 aromatic rings. The van der Waals surface area contributed by atoms with Crippen LogP contribution in [-0.2, 0) is 16.0 Å². The number of esters is 1. The number of benzene rings is 1. The van der Waals surface area contributed by atoms with Crippen molar-refractivity contribution >= 4 is 23.4 Å². The van der Waals surface area contributed by atoms with Crippen molar-refractivity contribution in [1.29, 1.82) is 0 Å². The summed E-state index contributed by atoms with van der Waals surface area (Å²) in [5.41, 5.74) is 0.300. The lowest BCUT2D eigenvalue weighted by Crippen LogP contribution is -2.24. The van der Waals surface area contributed by atoms with Crippen LogP contribution >= 0.6 is 11.6 Å². The van der Waals surface area contributed by atoms with E-state index >= 15 is 0 Å². The molecule has 0 aliphatic carbocycles. The number of ether oxygens (including phenoxy) is 1. The largest absolute Gasteiger partial charge is 0.507 e. The van der Waals surface area contributed by atoms with Crippen molar-refractivity contribution < 1.29 is 24.5 Å². The number of phenols is 2. The zero-order chi connectivity index (χ0) is 18.0. The van der Waals surface area contributed by atoms with Crippen LogP contribution in [0, 0.1) is 5.92 Å². The van der Waals surface area contributed by atoms with E-state index in [-0.39, 0.29) is 34.6 Å². The maximum absolute atomic E-state index is 12.6. The number of ketones is 1. The number of fused-ring (bicyclic) bond motifs is 1. The zero-order valence-electron chi connectivity index (χ0n) is 13.8. The van der Waals surface area contributed by atoms with Gasteiger partial charge < -0.3 is 14.9 Å². The number of halogens is 1. The third-order valence-electron chi connectivity index (χ3n) is 4.45. The van der Waals surface area contributed by atoms with E-state index in [1.807, 2.05) is 13.8 Å². The van der Waals surface area contributed by atoms with Crippen LogP contribution in [-0.4, -0.2) is 28.1 Å². The standard InChI is InChI=1S/C18H21ClO5/c1-9-5-4-6-10(2)18(23)16-12(7-15(22)24-11(9)3)17(19)14(21)8-13(16)20/h8-9,11,20-21H,2,4-7H2,1,3H3/t9?,11-/m0/s1. The quantitative estimate of drug-likeness (QED) is 0.548. The molecule has 0 amide bonds. The van der Waals surface area contributed by atoms with E-state index < -0.39 is 23.3 Å². The Morgan fingerprint density at radius 3 is 2.58 bits per heavy atom. The molecule has 0 saturated carbocycles. The first-order valence-corrected chi connectivity index (χ1v) is 8.25. The maximum atomic E-state index is 12.6. The third-order valence-corrected chi connectivity index (χ3v) is 4.87.